The van der Waals surface area contributed by atoms with Gasteiger partial charge in [-0.25, -0.2) is 0 Å². The summed E-state index contributed by atoms with van der Waals surface area (Å²) in [6.07, 6.45) is 1.39. The Balaban J connectivity index is 1.80. The Hall–Kier alpha value is -2.91. The van der Waals surface area contributed by atoms with Crippen molar-refractivity contribution in [1.82, 2.24) is 4.90 Å². The van der Waals surface area contributed by atoms with Gasteiger partial charge in [0.15, 0.2) is 5.17 Å². The van der Waals surface area contributed by atoms with Crippen molar-refractivity contribution in [3.63, 3.8) is 0 Å². The number of hydrogen-bond donors (Lipinski definition) is 1. The van der Waals surface area contributed by atoms with Crippen LogP contribution >= 0.6 is 11.8 Å². The second-order valence-corrected chi connectivity index (χ2v) is 9.85. The minimum absolute atomic E-state index is 0.0398. The molecule has 0 aliphatic carbocycles. The zero-order valence-electron chi connectivity index (χ0n) is 17.2. The minimum Gasteiger partial charge on any atom is -0.326 e. The van der Waals surface area contributed by atoms with Crippen LogP contribution in [0, 0.1) is 13.8 Å². The molecule has 31 heavy (non-hydrogen) atoms. The molecule has 0 bridgehead atoms. The molecule has 7 nitrogen and oxygen atoms in total. The Bertz CT molecular complexity index is 1140. The Morgan fingerprint density at radius 2 is 1.87 bits per heavy atom. The Morgan fingerprint density at radius 1 is 1.19 bits per heavy atom. The molecular weight excluding hydrogens is 434 g/mol. The number of anilines is 1. The molecule has 2 aromatic carbocycles. The van der Waals surface area contributed by atoms with E-state index in [0.717, 1.165) is 22.9 Å². The van der Waals surface area contributed by atoms with Gasteiger partial charge in [-0.1, -0.05) is 53.7 Å². The number of thioether (sulfide) groups is 1. The number of sulfonamides is 1. The lowest BCUT2D eigenvalue weighted by Gasteiger charge is -2.14. The summed E-state index contributed by atoms with van der Waals surface area (Å²) >= 11 is 0.973. The van der Waals surface area contributed by atoms with Gasteiger partial charge in [-0.15, -0.1) is 11.0 Å². The van der Waals surface area contributed by atoms with Crippen molar-refractivity contribution in [2.45, 2.75) is 30.4 Å². The predicted molar refractivity (Wildman–Crippen MR) is 124 cm³/mol. The lowest BCUT2D eigenvalue weighted by molar-refractivity contribution is -0.127. The van der Waals surface area contributed by atoms with Crippen molar-refractivity contribution in [1.29, 1.82) is 0 Å². The van der Waals surface area contributed by atoms with Gasteiger partial charge in [0.25, 0.3) is 10.0 Å². The number of rotatable bonds is 7. The maximum absolute atomic E-state index is 12.8. The third-order valence-corrected chi connectivity index (χ3v) is 7.21. The summed E-state index contributed by atoms with van der Waals surface area (Å²) in [5.74, 6) is -0.705. The number of benzene rings is 2. The molecule has 1 N–H and O–H groups in total. The van der Waals surface area contributed by atoms with Crippen LogP contribution in [-0.4, -0.2) is 42.1 Å². The van der Waals surface area contributed by atoms with Crippen LogP contribution in [0.5, 0.6) is 0 Å². The van der Waals surface area contributed by atoms with E-state index in [2.05, 4.69) is 16.3 Å². The first-order chi connectivity index (χ1) is 14.7. The van der Waals surface area contributed by atoms with Crippen molar-refractivity contribution in [2.75, 3.05) is 11.9 Å². The van der Waals surface area contributed by atoms with Gasteiger partial charge < -0.3 is 5.32 Å². The third kappa shape index (κ3) is 5.42. The summed E-state index contributed by atoms with van der Waals surface area (Å²) in [7, 11) is -4.00. The first kappa shape index (κ1) is 22.8. The molecule has 0 spiro atoms. The zero-order valence-corrected chi connectivity index (χ0v) is 18.9. The molecule has 2 amide bonds. The number of nitrogens with zero attached hydrogens (tertiary/aromatic N) is 2. The molecule has 0 unspecified atom stereocenters. The number of amides is 2. The van der Waals surface area contributed by atoms with Crippen LogP contribution in [0.15, 0.2) is 70.5 Å². The van der Waals surface area contributed by atoms with Gasteiger partial charge in [0.05, 0.1) is 4.90 Å². The van der Waals surface area contributed by atoms with Gasteiger partial charge in [0.2, 0.25) is 11.8 Å². The average molecular weight is 458 g/mol. The molecule has 9 heteroatoms. The highest BCUT2D eigenvalue weighted by Gasteiger charge is 2.39. The van der Waals surface area contributed by atoms with Crippen LogP contribution in [0.25, 0.3) is 0 Å². The smallest absolute Gasteiger partial charge is 0.284 e. The normalized spacial score (nSPS) is 17.7. The number of carbonyl (C=O) groups is 2. The summed E-state index contributed by atoms with van der Waals surface area (Å²) in [6.45, 7) is 7.45. The summed E-state index contributed by atoms with van der Waals surface area (Å²) in [5, 5.41) is 2.07. The van der Waals surface area contributed by atoms with Gasteiger partial charge in [-0.05, 0) is 37.6 Å². The van der Waals surface area contributed by atoms with E-state index in [-0.39, 0.29) is 34.8 Å². The highest BCUT2D eigenvalue weighted by Crippen LogP contribution is 2.31. The first-order valence-electron chi connectivity index (χ1n) is 9.57. The van der Waals surface area contributed by atoms with E-state index in [1.807, 2.05) is 32.0 Å². The summed E-state index contributed by atoms with van der Waals surface area (Å²) in [6, 6.07) is 13.6. The second-order valence-electron chi connectivity index (χ2n) is 7.07. The maximum atomic E-state index is 12.8. The van der Waals surface area contributed by atoms with Crippen molar-refractivity contribution < 1.29 is 18.0 Å². The average Bonchev–Trinajstić information content (AvgIpc) is 2.98. The standard InChI is InChI=1S/C22H23N3O4S2/c1-4-13-25-21(27)19(14-20(26)23-18-8-6-5-7-16(18)3)30-22(25)24-31(28,29)17-11-9-15(2)10-12-17/h4-12,19H,1,13-14H2,2-3H3,(H,23,26)/t19-/m0/s1. The predicted octanol–water partition coefficient (Wildman–Crippen LogP) is 3.51. The largest absolute Gasteiger partial charge is 0.326 e. The maximum Gasteiger partial charge on any atom is 0.284 e. The number of hydrogen-bond acceptors (Lipinski definition) is 5. The lowest BCUT2D eigenvalue weighted by Crippen LogP contribution is -2.34. The first-order valence-corrected chi connectivity index (χ1v) is 11.9. The van der Waals surface area contributed by atoms with E-state index >= 15 is 0 Å². The quantitative estimate of drug-likeness (QED) is 0.642. The summed E-state index contributed by atoms with van der Waals surface area (Å²) in [5.41, 5.74) is 2.49. The molecule has 1 fully saturated rings. The SMILES string of the molecule is C=CCN1C(=O)[C@H](CC(=O)Nc2ccccc2C)SC1=NS(=O)(=O)c1ccc(C)cc1. The fraction of sp³-hybridized carbons (Fsp3) is 0.227. The van der Waals surface area contributed by atoms with Crippen LogP contribution in [0.4, 0.5) is 5.69 Å². The van der Waals surface area contributed by atoms with E-state index in [4.69, 9.17) is 0 Å². The molecule has 2 aromatic rings. The number of para-hydroxylation sites is 1. The fourth-order valence-electron chi connectivity index (χ4n) is 2.95. The van der Waals surface area contributed by atoms with Crippen LogP contribution in [-0.2, 0) is 19.6 Å². The molecular formula is C22H23N3O4S2. The van der Waals surface area contributed by atoms with E-state index < -0.39 is 15.3 Å². The molecule has 0 aromatic heterocycles. The van der Waals surface area contributed by atoms with Crippen molar-refractivity contribution >= 4 is 44.5 Å². The highest BCUT2D eigenvalue weighted by molar-refractivity contribution is 8.16. The molecule has 1 atom stereocenters. The summed E-state index contributed by atoms with van der Waals surface area (Å²) < 4.78 is 29.3. The van der Waals surface area contributed by atoms with Crippen molar-refractivity contribution in [2.24, 2.45) is 4.40 Å². The molecule has 162 valence electrons. The van der Waals surface area contributed by atoms with Crippen LogP contribution in [0.1, 0.15) is 17.5 Å². The van der Waals surface area contributed by atoms with Gasteiger partial charge in [-0.2, -0.15) is 8.42 Å². The fourth-order valence-corrected chi connectivity index (χ4v) is 5.32. The topological polar surface area (TPSA) is 95.9 Å². The second kappa shape index (κ2) is 9.49. The molecule has 1 saturated heterocycles. The Kier molecular flexibility index (Phi) is 6.97. The van der Waals surface area contributed by atoms with Gasteiger partial charge in [0.1, 0.15) is 5.25 Å². The molecule has 1 heterocycles. The van der Waals surface area contributed by atoms with Gasteiger partial charge >= 0.3 is 0 Å². The van der Waals surface area contributed by atoms with Crippen LogP contribution < -0.4 is 5.32 Å². The van der Waals surface area contributed by atoms with Crippen molar-refractivity contribution in [3.8, 4) is 0 Å². The van der Waals surface area contributed by atoms with Crippen LogP contribution in [0.3, 0.4) is 0 Å². The minimum atomic E-state index is -4.00. The van der Waals surface area contributed by atoms with E-state index in [1.165, 1.54) is 23.1 Å². The number of nitrogens with one attached hydrogen (secondary N) is 1. The van der Waals surface area contributed by atoms with Gasteiger partial charge in [0, 0.05) is 18.7 Å². The molecule has 3 rings (SSSR count). The van der Waals surface area contributed by atoms with Crippen LogP contribution in [0.2, 0.25) is 0 Å². The van der Waals surface area contributed by atoms with E-state index in [0.29, 0.717) is 5.69 Å². The van der Waals surface area contributed by atoms with Gasteiger partial charge in [-0.3, -0.25) is 14.5 Å². The molecule has 1 aliphatic heterocycles. The molecule has 1 aliphatic rings. The van der Waals surface area contributed by atoms with E-state index in [1.54, 1.807) is 18.2 Å². The highest BCUT2D eigenvalue weighted by atomic mass is 32.2. The molecule has 0 radical (unpaired) electrons. The Morgan fingerprint density at radius 3 is 2.52 bits per heavy atom. The number of amidine groups is 1. The monoisotopic (exact) mass is 457 g/mol. The zero-order chi connectivity index (χ0) is 22.6. The van der Waals surface area contributed by atoms with E-state index in [9.17, 15) is 18.0 Å². The lowest BCUT2D eigenvalue weighted by atomic mass is 10.2. The number of carbonyl (C=O) groups excluding carboxylic acids is 2. The number of aryl methyl sites for hydroxylation is 2. The summed E-state index contributed by atoms with van der Waals surface area (Å²) in [4.78, 5) is 26.6. The Labute approximate surface area is 186 Å². The third-order valence-electron chi connectivity index (χ3n) is 4.64. The van der Waals surface area contributed by atoms with Crippen molar-refractivity contribution in [3.05, 3.63) is 72.3 Å². The molecule has 0 saturated carbocycles.